The molecule has 11 rings (SSSR count). The number of carbonyl (C=O) groups is 3. The van der Waals surface area contributed by atoms with Crippen LogP contribution in [-0.2, 0) is 39.9 Å². The molecule has 3 aliphatic rings. The minimum absolute atomic E-state index is 0.0881. The number of thiazole rings is 1. The number of rotatable bonds is 13. The van der Waals surface area contributed by atoms with Gasteiger partial charge in [0, 0.05) is 111 Å². The number of carboxylic acids is 1. The summed E-state index contributed by atoms with van der Waals surface area (Å²) in [5, 5.41) is 17.3. The van der Waals surface area contributed by atoms with E-state index in [2.05, 4.69) is 82.1 Å². The summed E-state index contributed by atoms with van der Waals surface area (Å²) in [5.74, 6) is 0.319. The van der Waals surface area contributed by atoms with Crippen LogP contribution in [0.2, 0.25) is 0 Å². The maximum atomic E-state index is 13.1. The summed E-state index contributed by atoms with van der Waals surface area (Å²) in [7, 11) is 0. The molecule has 14 nitrogen and oxygen atoms in total. The molecule has 2 fully saturated rings. The van der Waals surface area contributed by atoms with Gasteiger partial charge in [0.05, 0.1) is 23.4 Å². The van der Waals surface area contributed by atoms with E-state index in [1.54, 1.807) is 41.3 Å². The summed E-state index contributed by atoms with van der Waals surface area (Å²) in [6.07, 6.45) is 3.00. The highest BCUT2D eigenvalue weighted by Crippen LogP contribution is 2.34. The molecule has 1 N–H and O–H groups in total. The first-order valence-corrected chi connectivity index (χ1v) is 27.7. The van der Waals surface area contributed by atoms with Gasteiger partial charge in [-0.15, -0.1) is 11.3 Å². The number of ether oxygens (including phenoxy) is 2. The van der Waals surface area contributed by atoms with E-state index in [9.17, 15) is 31.9 Å². The number of halogens is 4. The van der Waals surface area contributed by atoms with Crippen molar-refractivity contribution in [3.8, 4) is 16.6 Å². The van der Waals surface area contributed by atoms with Gasteiger partial charge < -0.3 is 38.7 Å². The molecule has 19 heteroatoms. The van der Waals surface area contributed by atoms with Crippen LogP contribution in [0.15, 0.2) is 133 Å². The number of para-hydroxylation sites is 1. The lowest BCUT2D eigenvalue weighted by atomic mass is 10.1. The number of aliphatic carboxylic acids is 1. The maximum Gasteiger partial charge on any atom is 0.416 e. The van der Waals surface area contributed by atoms with Crippen molar-refractivity contribution in [2.75, 3.05) is 69.0 Å². The molecule has 6 heterocycles. The fraction of sp³-hybridized carbons (Fsp3) is 0.306. The second kappa shape index (κ2) is 25.8. The summed E-state index contributed by atoms with van der Waals surface area (Å²) in [5.41, 5.74) is 10.6. The molecule has 0 aliphatic carbocycles. The number of amides is 2. The van der Waals surface area contributed by atoms with Crippen molar-refractivity contribution in [3.05, 3.63) is 189 Å². The van der Waals surface area contributed by atoms with E-state index in [1.165, 1.54) is 63.2 Å². The zero-order valence-electron chi connectivity index (χ0n) is 45.7. The number of aromatic nitrogens is 4. The normalized spacial score (nSPS) is 14.2. The van der Waals surface area contributed by atoms with E-state index in [0.717, 1.165) is 77.2 Å². The van der Waals surface area contributed by atoms with Gasteiger partial charge >= 0.3 is 12.1 Å². The molecule has 3 aliphatic heterocycles. The third-order valence-corrected chi connectivity index (χ3v) is 15.5. The number of aryl methyl sites for hydroxylation is 3. The SMILES string of the molecule is Cc1ccc(Cn2cc(CCCC(=O)O)c3ccccc32)cc1.Cc1nn(-c2nc(CC(=O)N3CCN(c4ccc(F)cc4)CC3)cs2)c(C)c1C.O=C(/C=C/c1ccc2c(c1)OCO2)N1CCN(c2cccc(C(F)(F)F)c2)CC1. The lowest BCUT2D eigenvalue weighted by Crippen LogP contribution is -2.49. The number of carboxylic acid groups (broad SMARTS) is 1. The summed E-state index contributed by atoms with van der Waals surface area (Å²) >= 11 is 1.51. The number of benzene rings is 5. The van der Waals surface area contributed by atoms with Gasteiger partial charge in [0.1, 0.15) is 5.82 Å². The number of hydrogen-bond acceptors (Lipinski definition) is 10. The predicted octanol–water partition coefficient (Wildman–Crippen LogP) is 11.5. The van der Waals surface area contributed by atoms with E-state index in [4.69, 9.17) is 14.6 Å². The van der Waals surface area contributed by atoms with Gasteiger partial charge in [-0.05, 0) is 130 Å². The molecule has 0 bridgehead atoms. The molecule has 0 saturated carbocycles. The van der Waals surface area contributed by atoms with Crippen LogP contribution in [0.25, 0.3) is 22.1 Å². The monoisotopic (exact) mass is 1120 g/mol. The zero-order chi connectivity index (χ0) is 57.2. The van der Waals surface area contributed by atoms with Crippen LogP contribution in [0.4, 0.5) is 28.9 Å². The zero-order valence-corrected chi connectivity index (χ0v) is 46.5. The van der Waals surface area contributed by atoms with Gasteiger partial charge in [-0.3, -0.25) is 14.4 Å². The van der Waals surface area contributed by atoms with Crippen molar-refractivity contribution in [1.29, 1.82) is 0 Å². The minimum atomic E-state index is -4.37. The Kier molecular flexibility index (Phi) is 18.2. The Hall–Kier alpha value is -8.45. The van der Waals surface area contributed by atoms with E-state index in [1.807, 2.05) is 45.8 Å². The summed E-state index contributed by atoms with van der Waals surface area (Å²) < 4.78 is 66.5. The first-order valence-electron chi connectivity index (χ1n) is 26.8. The molecule has 81 heavy (non-hydrogen) atoms. The number of fused-ring (bicyclic) bond motifs is 2. The van der Waals surface area contributed by atoms with Gasteiger partial charge in [-0.1, -0.05) is 60.2 Å². The minimum Gasteiger partial charge on any atom is -0.481 e. The summed E-state index contributed by atoms with van der Waals surface area (Å²) in [6.45, 7) is 13.8. The Morgan fingerprint density at radius 1 is 0.753 bits per heavy atom. The van der Waals surface area contributed by atoms with Crippen LogP contribution in [0, 0.1) is 33.5 Å². The molecule has 3 aromatic heterocycles. The largest absolute Gasteiger partial charge is 0.481 e. The predicted molar refractivity (Wildman–Crippen MR) is 307 cm³/mol. The highest BCUT2D eigenvalue weighted by Gasteiger charge is 2.31. The molecule has 0 spiro atoms. The number of anilines is 2. The Bertz CT molecular complexity index is 3500. The standard InChI is InChI=1S/C21H19F3N2O3.C21H24FN5OS.C20H21NO2/c22-21(23,24)16-2-1-3-17(13-16)25-8-10-26(11-9-25)20(27)7-5-15-4-6-18-19(12-15)29-14-28-18;1-14-15(2)24-27(16(14)3)21-23-18(13-29-21)12-20(28)26-10-8-25(9-11-26)19-6-4-17(22)5-7-19;1-15-9-11-16(12-10-15)13-21-14-17(5-4-8-20(22)23)18-6-2-3-7-19(18)21/h1-7,12-13H,8-11,14H2;4-7,13H,8-12H2,1-3H3;2-3,6-7,9-12,14H,4-5,8,13H2,1H3,(H,22,23)/b7-5+;;. The van der Waals surface area contributed by atoms with Gasteiger partial charge in [0.15, 0.2) is 11.5 Å². The second-order valence-corrected chi connectivity index (χ2v) is 21.0. The lowest BCUT2D eigenvalue weighted by molar-refractivity contribution is -0.138. The quantitative estimate of drug-likeness (QED) is 0.0877. The van der Waals surface area contributed by atoms with Gasteiger partial charge in [-0.2, -0.15) is 18.3 Å². The van der Waals surface area contributed by atoms with Crippen LogP contribution in [0.1, 0.15) is 63.3 Å². The third-order valence-electron chi connectivity index (χ3n) is 14.7. The van der Waals surface area contributed by atoms with Crippen LogP contribution in [-0.4, -0.2) is 111 Å². The molecule has 8 aromatic rings. The fourth-order valence-corrected chi connectivity index (χ4v) is 10.7. The number of alkyl halides is 3. The van der Waals surface area contributed by atoms with E-state index >= 15 is 0 Å². The van der Waals surface area contributed by atoms with E-state index < -0.39 is 17.7 Å². The number of hydrogen-bond donors (Lipinski definition) is 1. The Labute approximate surface area is 472 Å². The van der Waals surface area contributed by atoms with Crippen molar-refractivity contribution in [2.24, 2.45) is 0 Å². The Morgan fingerprint density at radius 3 is 2.14 bits per heavy atom. The molecule has 2 amide bonds. The molecule has 0 unspecified atom stereocenters. The fourth-order valence-electron chi connectivity index (χ4n) is 9.84. The van der Waals surface area contributed by atoms with Crippen molar-refractivity contribution in [1.82, 2.24) is 29.1 Å². The highest BCUT2D eigenvalue weighted by atomic mass is 32.1. The van der Waals surface area contributed by atoms with Crippen molar-refractivity contribution < 1.29 is 46.5 Å². The van der Waals surface area contributed by atoms with Crippen LogP contribution >= 0.6 is 11.3 Å². The van der Waals surface area contributed by atoms with Gasteiger partial charge in [-0.25, -0.2) is 14.1 Å². The van der Waals surface area contributed by atoms with Crippen LogP contribution in [0.3, 0.4) is 0 Å². The number of nitrogens with zero attached hydrogens (tertiary/aromatic N) is 8. The summed E-state index contributed by atoms with van der Waals surface area (Å²) in [4.78, 5) is 48.1. The van der Waals surface area contributed by atoms with Crippen LogP contribution < -0.4 is 19.3 Å². The third kappa shape index (κ3) is 14.7. The van der Waals surface area contributed by atoms with Crippen molar-refractivity contribution >= 4 is 57.5 Å². The number of piperazine rings is 2. The molecular formula is C62H64F4N8O6S. The van der Waals surface area contributed by atoms with Crippen LogP contribution in [0.5, 0.6) is 11.5 Å². The topological polar surface area (TPSA) is 138 Å². The molecule has 0 radical (unpaired) electrons. The van der Waals surface area contributed by atoms with Crippen molar-refractivity contribution in [2.45, 2.75) is 66.1 Å². The molecule has 2 saturated heterocycles. The summed E-state index contributed by atoms with van der Waals surface area (Å²) in [6, 6.07) is 34.1. The van der Waals surface area contributed by atoms with Gasteiger partial charge in [0.25, 0.3) is 0 Å². The average molecular weight is 1130 g/mol. The average Bonchev–Trinajstić information content (AvgIpc) is 4.47. The maximum absolute atomic E-state index is 13.1. The lowest BCUT2D eigenvalue weighted by Gasteiger charge is -2.36. The smallest absolute Gasteiger partial charge is 0.416 e. The molecule has 422 valence electrons. The Morgan fingerprint density at radius 2 is 1.44 bits per heavy atom. The van der Waals surface area contributed by atoms with E-state index in [0.29, 0.717) is 69.3 Å². The number of carbonyl (C=O) groups excluding carboxylic acids is 2. The Balaban J connectivity index is 0.000000148. The second-order valence-electron chi connectivity index (χ2n) is 20.2. The molecule has 5 aromatic carbocycles. The highest BCUT2D eigenvalue weighted by molar-refractivity contribution is 7.12. The molecule has 0 atom stereocenters. The first kappa shape index (κ1) is 57.2. The molecular weight excluding hydrogens is 1060 g/mol. The van der Waals surface area contributed by atoms with E-state index in [-0.39, 0.29) is 30.8 Å². The first-order chi connectivity index (χ1) is 38.9. The van der Waals surface area contributed by atoms with Gasteiger partial charge in [0.2, 0.25) is 23.7 Å². The van der Waals surface area contributed by atoms with Crippen molar-refractivity contribution in [3.63, 3.8) is 0 Å².